The molecular weight excluding hydrogens is 398 g/mol. The zero-order valence-electron chi connectivity index (χ0n) is 17.0. The molecule has 10 heteroatoms. The van der Waals surface area contributed by atoms with Crippen molar-refractivity contribution in [2.24, 2.45) is 10.9 Å². The molecule has 1 aliphatic heterocycles. The molecule has 8 nitrogen and oxygen atoms in total. The van der Waals surface area contributed by atoms with Gasteiger partial charge >= 0.3 is 5.97 Å². The summed E-state index contributed by atoms with van der Waals surface area (Å²) >= 11 is 0. The maximum atomic E-state index is 15.5. The number of hydrogen-bond acceptors (Lipinski definition) is 6. The average Bonchev–Trinajstić information content (AvgIpc) is 2.67. The Bertz CT molecular complexity index is 1090. The van der Waals surface area contributed by atoms with Gasteiger partial charge in [-0.1, -0.05) is 5.16 Å². The van der Waals surface area contributed by atoms with Gasteiger partial charge in [0.15, 0.2) is 5.82 Å². The van der Waals surface area contributed by atoms with Gasteiger partial charge < -0.3 is 25.1 Å². The number of nitrogens with zero attached hydrogens (tertiary/aromatic N) is 3. The molecule has 2 heterocycles. The largest absolute Gasteiger partial charge is 0.477 e. The number of carboxylic acids is 1. The molecule has 162 valence electrons. The Morgan fingerprint density at radius 3 is 2.67 bits per heavy atom. The van der Waals surface area contributed by atoms with E-state index in [-0.39, 0.29) is 36.2 Å². The maximum Gasteiger partial charge on any atom is 0.341 e. The van der Waals surface area contributed by atoms with Crippen molar-refractivity contribution >= 4 is 28.3 Å². The van der Waals surface area contributed by atoms with Crippen LogP contribution in [-0.2, 0) is 11.4 Å². The molecule has 0 radical (unpaired) electrons. The van der Waals surface area contributed by atoms with Gasteiger partial charge in [0.1, 0.15) is 23.7 Å². The van der Waals surface area contributed by atoms with Crippen LogP contribution < -0.4 is 16.1 Å². The average molecular weight is 422 g/mol. The number of carbonyl (C=O) groups is 1. The van der Waals surface area contributed by atoms with E-state index in [1.54, 1.807) is 20.8 Å². The van der Waals surface area contributed by atoms with Crippen molar-refractivity contribution < 1.29 is 23.5 Å². The first kappa shape index (κ1) is 21.7. The van der Waals surface area contributed by atoms with Crippen molar-refractivity contribution in [3.8, 4) is 0 Å². The van der Waals surface area contributed by atoms with Crippen LogP contribution in [0.15, 0.2) is 22.2 Å². The Kier molecular flexibility index (Phi) is 5.80. The van der Waals surface area contributed by atoms with Crippen LogP contribution in [-0.4, -0.2) is 46.6 Å². The van der Waals surface area contributed by atoms with Gasteiger partial charge in [0, 0.05) is 32.3 Å². The predicted molar refractivity (Wildman–Crippen MR) is 109 cm³/mol. The lowest BCUT2D eigenvalue weighted by atomic mass is 9.89. The number of benzene rings is 1. The van der Waals surface area contributed by atoms with E-state index in [1.165, 1.54) is 9.47 Å². The highest BCUT2D eigenvalue weighted by atomic mass is 19.1. The highest BCUT2D eigenvalue weighted by molar-refractivity contribution is 5.96. The zero-order chi connectivity index (χ0) is 22.2. The second kappa shape index (κ2) is 8.02. The van der Waals surface area contributed by atoms with Crippen LogP contribution >= 0.6 is 0 Å². The van der Waals surface area contributed by atoms with Crippen LogP contribution in [0.4, 0.5) is 14.5 Å². The molecule has 1 atom stereocenters. The maximum absolute atomic E-state index is 15.5. The van der Waals surface area contributed by atoms with Crippen LogP contribution in [0.3, 0.4) is 0 Å². The van der Waals surface area contributed by atoms with E-state index < -0.39 is 34.1 Å². The Morgan fingerprint density at radius 2 is 2.10 bits per heavy atom. The number of aromatic nitrogens is 1. The number of oxime groups is 1. The third-order valence-electron chi connectivity index (χ3n) is 5.22. The highest BCUT2D eigenvalue weighted by Crippen LogP contribution is 2.33. The lowest BCUT2D eigenvalue weighted by Gasteiger charge is -2.40. The van der Waals surface area contributed by atoms with Crippen molar-refractivity contribution in [3.63, 3.8) is 0 Å². The lowest BCUT2D eigenvalue weighted by molar-refractivity contribution is 0.0694. The van der Waals surface area contributed by atoms with Crippen LogP contribution in [0, 0.1) is 11.6 Å². The van der Waals surface area contributed by atoms with Gasteiger partial charge in [-0.05, 0) is 26.8 Å². The predicted octanol–water partition coefficient (Wildman–Crippen LogP) is 2.32. The van der Waals surface area contributed by atoms with E-state index in [1.807, 2.05) is 0 Å². The van der Waals surface area contributed by atoms with Crippen LogP contribution in [0.5, 0.6) is 0 Å². The molecule has 1 saturated heterocycles. The minimum Gasteiger partial charge on any atom is -0.477 e. The molecule has 1 aromatic carbocycles. The number of pyridine rings is 1. The van der Waals surface area contributed by atoms with Gasteiger partial charge in [-0.3, -0.25) is 4.79 Å². The number of halogens is 2. The monoisotopic (exact) mass is 422 g/mol. The van der Waals surface area contributed by atoms with Crippen LogP contribution in [0.1, 0.15) is 37.6 Å². The first-order chi connectivity index (χ1) is 14.1. The highest BCUT2D eigenvalue weighted by Gasteiger charge is 2.36. The minimum absolute atomic E-state index is 0.0851. The van der Waals surface area contributed by atoms with Crippen molar-refractivity contribution in [1.82, 2.24) is 4.57 Å². The van der Waals surface area contributed by atoms with Crippen LogP contribution in [0.25, 0.3) is 10.9 Å². The number of carboxylic acid groups (broad SMARTS) is 1. The molecule has 0 amide bonds. The zero-order valence-corrected chi connectivity index (χ0v) is 17.0. The summed E-state index contributed by atoms with van der Waals surface area (Å²) in [7, 11) is 0. The number of aryl methyl sites for hydroxylation is 1. The molecule has 30 heavy (non-hydrogen) atoms. The Balaban J connectivity index is 2.16. The normalized spacial score (nSPS) is 20.7. The number of fused-ring (bicyclic) bond motifs is 1. The molecular formula is C20H24F2N4O4. The Morgan fingerprint density at radius 1 is 1.40 bits per heavy atom. The number of rotatable bonds is 5. The fourth-order valence-electron chi connectivity index (χ4n) is 3.74. The van der Waals surface area contributed by atoms with Gasteiger partial charge in [0.05, 0.1) is 22.2 Å². The molecule has 1 fully saturated rings. The third-order valence-corrected chi connectivity index (χ3v) is 5.22. The molecule has 3 N–H and O–H groups in total. The van der Waals surface area contributed by atoms with Crippen molar-refractivity contribution in [2.45, 2.75) is 39.3 Å². The third kappa shape index (κ3) is 3.62. The molecule has 1 aliphatic rings. The van der Waals surface area contributed by atoms with E-state index in [4.69, 9.17) is 10.6 Å². The fourth-order valence-corrected chi connectivity index (χ4v) is 3.74. The van der Waals surface area contributed by atoms with Crippen molar-refractivity contribution in [2.75, 3.05) is 24.6 Å². The summed E-state index contributed by atoms with van der Waals surface area (Å²) in [4.78, 5) is 30.4. The molecule has 1 unspecified atom stereocenters. The smallest absolute Gasteiger partial charge is 0.341 e. The second-order valence-corrected chi connectivity index (χ2v) is 7.42. The Hall–Kier alpha value is -3.01. The van der Waals surface area contributed by atoms with E-state index in [0.29, 0.717) is 18.7 Å². The molecule has 2 aromatic rings. The molecule has 1 aromatic heterocycles. The van der Waals surface area contributed by atoms with E-state index >= 15 is 4.39 Å². The first-order valence-corrected chi connectivity index (χ1v) is 9.63. The van der Waals surface area contributed by atoms with Gasteiger partial charge in [-0.25, -0.2) is 13.6 Å². The molecule has 0 aliphatic carbocycles. The quantitative estimate of drug-likeness (QED) is 0.716. The van der Waals surface area contributed by atoms with Gasteiger partial charge in [-0.2, -0.15) is 0 Å². The molecule has 0 bridgehead atoms. The summed E-state index contributed by atoms with van der Waals surface area (Å²) in [6, 6.07) is 0.895. The number of piperidine rings is 1. The fraction of sp³-hybridized carbons (Fsp3) is 0.450. The standard InChI is InChI=1S/C20H24F2N4O4/c1-4-25-9-12(19(28)29)18(27)11-8-13(21)17(15(22)16(11)25)26-7-6-14(24-30-5-2)20(3,23)10-26/h8-9H,4-7,10,23H2,1-3H3,(H,28,29)/b24-14+. The summed E-state index contributed by atoms with van der Waals surface area (Å²) in [5.41, 5.74) is 4.02. The van der Waals surface area contributed by atoms with E-state index in [0.717, 1.165) is 12.3 Å². The van der Waals surface area contributed by atoms with Gasteiger partial charge in [0.2, 0.25) is 5.43 Å². The number of hydrogen-bond donors (Lipinski definition) is 2. The van der Waals surface area contributed by atoms with Crippen molar-refractivity contribution in [3.05, 3.63) is 39.7 Å². The van der Waals surface area contributed by atoms with E-state index in [9.17, 15) is 19.1 Å². The molecule has 0 spiro atoms. The van der Waals surface area contributed by atoms with Gasteiger partial charge in [0.25, 0.3) is 0 Å². The first-order valence-electron chi connectivity index (χ1n) is 9.63. The van der Waals surface area contributed by atoms with Crippen molar-refractivity contribution in [1.29, 1.82) is 0 Å². The summed E-state index contributed by atoms with van der Waals surface area (Å²) < 4.78 is 31.8. The lowest BCUT2D eigenvalue weighted by Crippen LogP contribution is -2.59. The summed E-state index contributed by atoms with van der Waals surface area (Å²) in [6.07, 6.45) is 1.43. The van der Waals surface area contributed by atoms with E-state index in [2.05, 4.69) is 5.16 Å². The summed E-state index contributed by atoms with van der Waals surface area (Å²) in [5, 5.41) is 12.9. The van der Waals surface area contributed by atoms with Crippen LogP contribution in [0.2, 0.25) is 0 Å². The topological polar surface area (TPSA) is 110 Å². The summed E-state index contributed by atoms with van der Waals surface area (Å²) in [6.45, 7) is 6.07. The minimum atomic E-state index is -1.45. The second-order valence-electron chi connectivity index (χ2n) is 7.42. The summed E-state index contributed by atoms with van der Waals surface area (Å²) in [5.74, 6) is -3.34. The molecule has 0 saturated carbocycles. The number of nitrogens with two attached hydrogens (primary N) is 1. The molecule has 3 rings (SSSR count). The van der Waals surface area contributed by atoms with Gasteiger partial charge in [-0.15, -0.1) is 0 Å². The Labute approximate surface area is 171 Å². The number of aromatic carboxylic acids is 1. The SMILES string of the molecule is CCO/N=C1\CCN(c2c(F)cc3c(=O)c(C(=O)O)cn(CC)c3c2F)CC1(C)N. The number of anilines is 1.